The smallest absolute Gasteiger partial charge is 0.0617 e. The van der Waals surface area contributed by atoms with Gasteiger partial charge < -0.3 is 5.32 Å². The minimum absolute atomic E-state index is 0.220. The molecule has 110 valence electrons. The van der Waals surface area contributed by atoms with Crippen LogP contribution in [0.5, 0.6) is 0 Å². The van der Waals surface area contributed by atoms with Crippen LogP contribution in [0.2, 0.25) is 5.02 Å². The van der Waals surface area contributed by atoms with Gasteiger partial charge in [0.15, 0.2) is 0 Å². The van der Waals surface area contributed by atoms with Crippen LogP contribution in [0.15, 0.2) is 48.8 Å². The Kier molecular flexibility index (Phi) is 4.86. The summed E-state index contributed by atoms with van der Waals surface area (Å²) in [5, 5.41) is 4.25. The molecular formula is C17H20ClN3. The molecule has 1 saturated heterocycles. The average molecular weight is 302 g/mol. The average Bonchev–Trinajstić information content (AvgIpc) is 2.78. The van der Waals surface area contributed by atoms with E-state index in [1.807, 2.05) is 30.6 Å². The van der Waals surface area contributed by atoms with Gasteiger partial charge >= 0.3 is 0 Å². The molecule has 0 amide bonds. The van der Waals surface area contributed by atoms with Crippen LogP contribution >= 0.6 is 11.6 Å². The summed E-state index contributed by atoms with van der Waals surface area (Å²) in [6.45, 7) is 4.23. The van der Waals surface area contributed by atoms with Crippen molar-refractivity contribution in [2.24, 2.45) is 0 Å². The lowest BCUT2D eigenvalue weighted by atomic mass is 9.98. The lowest BCUT2D eigenvalue weighted by molar-refractivity contribution is 0.241. The van der Waals surface area contributed by atoms with Crippen LogP contribution in [0.1, 0.15) is 23.6 Å². The molecule has 1 aromatic carbocycles. The van der Waals surface area contributed by atoms with Crippen molar-refractivity contribution < 1.29 is 0 Å². The fourth-order valence-electron chi connectivity index (χ4n) is 2.95. The first-order valence-electron chi connectivity index (χ1n) is 7.45. The topological polar surface area (TPSA) is 28.2 Å². The molecule has 0 aliphatic carbocycles. The molecule has 4 heteroatoms. The maximum Gasteiger partial charge on any atom is 0.0617 e. The maximum atomic E-state index is 6.20. The van der Waals surface area contributed by atoms with Crippen molar-refractivity contribution in [1.29, 1.82) is 0 Å². The van der Waals surface area contributed by atoms with E-state index in [1.165, 1.54) is 11.1 Å². The number of benzene rings is 1. The van der Waals surface area contributed by atoms with Crippen LogP contribution < -0.4 is 5.32 Å². The van der Waals surface area contributed by atoms with Gasteiger partial charge in [0.2, 0.25) is 0 Å². The van der Waals surface area contributed by atoms with E-state index < -0.39 is 0 Å². The monoisotopic (exact) mass is 301 g/mol. The Morgan fingerprint density at radius 2 is 2.00 bits per heavy atom. The molecule has 1 unspecified atom stereocenters. The normalized spacial score (nSPS) is 18.1. The van der Waals surface area contributed by atoms with Crippen molar-refractivity contribution >= 4 is 11.6 Å². The van der Waals surface area contributed by atoms with Gasteiger partial charge in [-0.3, -0.25) is 9.88 Å². The van der Waals surface area contributed by atoms with Crippen LogP contribution in [0.4, 0.5) is 0 Å². The molecule has 0 spiro atoms. The fourth-order valence-corrected chi connectivity index (χ4v) is 3.15. The molecule has 0 radical (unpaired) electrons. The third-order valence-electron chi connectivity index (χ3n) is 3.90. The van der Waals surface area contributed by atoms with Gasteiger partial charge in [0, 0.05) is 37.1 Å². The Hall–Kier alpha value is -1.42. The second-order valence-electron chi connectivity index (χ2n) is 5.38. The van der Waals surface area contributed by atoms with E-state index >= 15 is 0 Å². The van der Waals surface area contributed by atoms with Gasteiger partial charge in [-0.05, 0) is 42.3 Å². The number of aromatic nitrogens is 1. The zero-order chi connectivity index (χ0) is 14.5. The van der Waals surface area contributed by atoms with Gasteiger partial charge in [0.1, 0.15) is 0 Å². The standard InChI is InChI=1S/C17H20ClN3/c18-16-6-1-4-14(12-16)17(15-5-2-7-20-13-15)21-10-3-8-19-9-11-21/h1-2,4-7,12-13,17,19H,3,8-11H2. The summed E-state index contributed by atoms with van der Waals surface area (Å²) in [5.41, 5.74) is 2.46. The van der Waals surface area contributed by atoms with Gasteiger partial charge in [-0.15, -0.1) is 0 Å². The van der Waals surface area contributed by atoms with E-state index in [2.05, 4.69) is 33.4 Å². The Morgan fingerprint density at radius 3 is 2.81 bits per heavy atom. The van der Waals surface area contributed by atoms with Crippen LogP contribution in [0, 0.1) is 0 Å². The number of nitrogens with one attached hydrogen (secondary N) is 1. The Bertz CT molecular complexity index is 565. The Labute approximate surface area is 131 Å². The first-order chi connectivity index (χ1) is 10.3. The molecule has 3 rings (SSSR count). The zero-order valence-corrected chi connectivity index (χ0v) is 12.8. The van der Waals surface area contributed by atoms with Crippen molar-refractivity contribution in [1.82, 2.24) is 15.2 Å². The van der Waals surface area contributed by atoms with Crippen LogP contribution in [-0.2, 0) is 0 Å². The highest BCUT2D eigenvalue weighted by atomic mass is 35.5. The summed E-state index contributed by atoms with van der Waals surface area (Å²) >= 11 is 6.20. The van der Waals surface area contributed by atoms with Crippen molar-refractivity contribution in [2.75, 3.05) is 26.2 Å². The Morgan fingerprint density at radius 1 is 1.10 bits per heavy atom. The minimum atomic E-state index is 0.220. The van der Waals surface area contributed by atoms with Crippen LogP contribution in [0.3, 0.4) is 0 Å². The van der Waals surface area contributed by atoms with Crippen LogP contribution in [-0.4, -0.2) is 36.1 Å². The van der Waals surface area contributed by atoms with Crippen molar-refractivity contribution in [3.8, 4) is 0 Å². The van der Waals surface area contributed by atoms with E-state index in [1.54, 1.807) is 0 Å². The third kappa shape index (κ3) is 3.62. The first-order valence-corrected chi connectivity index (χ1v) is 7.82. The second kappa shape index (κ2) is 7.03. The van der Waals surface area contributed by atoms with E-state index in [-0.39, 0.29) is 6.04 Å². The summed E-state index contributed by atoms with van der Waals surface area (Å²) < 4.78 is 0. The van der Waals surface area contributed by atoms with E-state index in [0.29, 0.717) is 0 Å². The lowest BCUT2D eigenvalue weighted by Gasteiger charge is -2.31. The van der Waals surface area contributed by atoms with Gasteiger partial charge in [-0.2, -0.15) is 0 Å². The summed E-state index contributed by atoms with van der Waals surface area (Å²) in [4.78, 5) is 6.81. The summed E-state index contributed by atoms with van der Waals surface area (Å²) in [6.07, 6.45) is 4.95. The molecule has 1 fully saturated rings. The first kappa shape index (κ1) is 14.5. The molecule has 1 atom stereocenters. The molecular weight excluding hydrogens is 282 g/mol. The van der Waals surface area contributed by atoms with Crippen molar-refractivity contribution in [3.63, 3.8) is 0 Å². The Balaban J connectivity index is 1.98. The lowest BCUT2D eigenvalue weighted by Crippen LogP contribution is -2.33. The molecule has 21 heavy (non-hydrogen) atoms. The fraction of sp³-hybridized carbons (Fsp3) is 0.353. The molecule has 0 saturated carbocycles. The SMILES string of the molecule is Clc1cccc(C(c2cccnc2)N2CCCNCC2)c1. The van der Waals surface area contributed by atoms with E-state index in [0.717, 1.165) is 37.6 Å². The number of halogens is 1. The number of nitrogens with zero attached hydrogens (tertiary/aromatic N) is 2. The molecule has 1 aliphatic heterocycles. The molecule has 2 heterocycles. The number of rotatable bonds is 3. The highest BCUT2D eigenvalue weighted by Crippen LogP contribution is 2.30. The number of pyridine rings is 1. The molecule has 0 bridgehead atoms. The zero-order valence-electron chi connectivity index (χ0n) is 12.0. The van der Waals surface area contributed by atoms with Crippen molar-refractivity contribution in [3.05, 3.63) is 64.9 Å². The van der Waals surface area contributed by atoms with Crippen molar-refractivity contribution in [2.45, 2.75) is 12.5 Å². The second-order valence-corrected chi connectivity index (χ2v) is 5.82. The summed E-state index contributed by atoms with van der Waals surface area (Å²) in [5.74, 6) is 0. The molecule has 1 aliphatic rings. The summed E-state index contributed by atoms with van der Waals surface area (Å²) in [7, 11) is 0. The van der Waals surface area contributed by atoms with E-state index in [4.69, 9.17) is 11.6 Å². The highest BCUT2D eigenvalue weighted by molar-refractivity contribution is 6.30. The maximum absolute atomic E-state index is 6.20. The quantitative estimate of drug-likeness (QED) is 0.944. The van der Waals surface area contributed by atoms with Crippen LogP contribution in [0.25, 0.3) is 0 Å². The number of hydrogen-bond acceptors (Lipinski definition) is 3. The van der Waals surface area contributed by atoms with Gasteiger partial charge in [-0.1, -0.05) is 29.8 Å². The number of hydrogen-bond donors (Lipinski definition) is 1. The van der Waals surface area contributed by atoms with E-state index in [9.17, 15) is 0 Å². The van der Waals surface area contributed by atoms with Gasteiger partial charge in [-0.25, -0.2) is 0 Å². The molecule has 2 aromatic rings. The third-order valence-corrected chi connectivity index (χ3v) is 4.14. The molecule has 3 nitrogen and oxygen atoms in total. The predicted octanol–water partition coefficient (Wildman–Crippen LogP) is 3.12. The molecule has 1 N–H and O–H groups in total. The largest absolute Gasteiger partial charge is 0.315 e. The minimum Gasteiger partial charge on any atom is -0.315 e. The summed E-state index contributed by atoms with van der Waals surface area (Å²) in [6, 6.07) is 12.5. The van der Waals surface area contributed by atoms with Gasteiger partial charge in [0.25, 0.3) is 0 Å². The highest BCUT2D eigenvalue weighted by Gasteiger charge is 2.23. The predicted molar refractivity (Wildman–Crippen MR) is 86.6 cm³/mol. The van der Waals surface area contributed by atoms with Gasteiger partial charge in [0.05, 0.1) is 6.04 Å². The molecule has 1 aromatic heterocycles.